The van der Waals surface area contributed by atoms with E-state index in [1.54, 1.807) is 0 Å². The largest absolute Gasteiger partial charge is 0.393 e. The van der Waals surface area contributed by atoms with Gasteiger partial charge in [-0.2, -0.15) is 0 Å². The van der Waals surface area contributed by atoms with Crippen LogP contribution < -0.4 is 11.1 Å². The Bertz CT molecular complexity index is 130. The first kappa shape index (κ1) is 9.92. The summed E-state index contributed by atoms with van der Waals surface area (Å²) in [6.07, 6.45) is 0.795. The van der Waals surface area contributed by atoms with Crippen LogP contribution >= 0.6 is 0 Å². The van der Waals surface area contributed by atoms with E-state index in [0.717, 1.165) is 32.6 Å². The molecular formula is C8H19N3O. The van der Waals surface area contributed by atoms with Crippen molar-refractivity contribution in [2.75, 3.05) is 32.8 Å². The predicted octanol–water partition coefficient (Wildman–Crippen LogP) is -1.05. The number of nitrogens with zero attached hydrogens (tertiary/aromatic N) is 1. The highest BCUT2D eigenvalue weighted by atomic mass is 16.3. The molecule has 72 valence electrons. The minimum absolute atomic E-state index is 0.0451. The lowest BCUT2D eigenvalue weighted by Crippen LogP contribution is -2.63. The van der Waals surface area contributed by atoms with Gasteiger partial charge in [-0.05, 0) is 6.42 Å². The van der Waals surface area contributed by atoms with Crippen molar-refractivity contribution in [3.05, 3.63) is 0 Å². The van der Waals surface area contributed by atoms with Crippen LogP contribution in [0.1, 0.15) is 13.3 Å². The van der Waals surface area contributed by atoms with Gasteiger partial charge >= 0.3 is 0 Å². The Morgan fingerprint density at radius 1 is 1.50 bits per heavy atom. The molecule has 12 heavy (non-hydrogen) atoms. The van der Waals surface area contributed by atoms with E-state index in [2.05, 4.69) is 10.2 Å². The highest BCUT2D eigenvalue weighted by Crippen LogP contribution is 2.12. The quantitative estimate of drug-likeness (QED) is 0.509. The zero-order chi connectivity index (χ0) is 9.03. The van der Waals surface area contributed by atoms with Crippen LogP contribution in [-0.4, -0.2) is 48.5 Å². The molecule has 1 saturated heterocycles. The summed E-state index contributed by atoms with van der Waals surface area (Å²) >= 11 is 0. The maximum Gasteiger partial charge on any atom is 0.0923 e. The lowest BCUT2D eigenvalue weighted by molar-refractivity contribution is 0.0217. The Labute approximate surface area is 73.7 Å². The second-order valence-corrected chi connectivity index (χ2v) is 3.35. The normalized spacial score (nSPS) is 25.2. The fourth-order valence-corrected chi connectivity index (χ4v) is 1.55. The van der Waals surface area contributed by atoms with E-state index in [0.29, 0.717) is 0 Å². The number of aliphatic hydroxyl groups is 1. The van der Waals surface area contributed by atoms with Gasteiger partial charge in [0.05, 0.1) is 12.3 Å². The van der Waals surface area contributed by atoms with Crippen LogP contribution in [0.5, 0.6) is 0 Å². The van der Waals surface area contributed by atoms with E-state index in [1.165, 1.54) is 0 Å². The number of nitrogens with one attached hydrogen (secondary N) is 1. The van der Waals surface area contributed by atoms with Crippen LogP contribution in [0.4, 0.5) is 0 Å². The Morgan fingerprint density at radius 2 is 2.08 bits per heavy atom. The predicted molar refractivity (Wildman–Crippen MR) is 48.7 cm³/mol. The van der Waals surface area contributed by atoms with Crippen LogP contribution in [0.2, 0.25) is 0 Å². The molecule has 0 bridgehead atoms. The van der Waals surface area contributed by atoms with Gasteiger partial charge in [0.2, 0.25) is 0 Å². The van der Waals surface area contributed by atoms with Crippen molar-refractivity contribution < 1.29 is 5.11 Å². The molecule has 0 amide bonds. The monoisotopic (exact) mass is 173 g/mol. The molecule has 1 unspecified atom stereocenters. The molecule has 1 rings (SSSR count). The number of aliphatic hydroxyl groups excluding tert-OH is 1. The molecule has 0 aliphatic carbocycles. The highest BCUT2D eigenvalue weighted by Gasteiger charge is 2.30. The van der Waals surface area contributed by atoms with Crippen molar-refractivity contribution in [3.63, 3.8) is 0 Å². The van der Waals surface area contributed by atoms with Gasteiger partial charge in [-0.25, -0.2) is 0 Å². The van der Waals surface area contributed by atoms with Gasteiger partial charge in [0.25, 0.3) is 0 Å². The first-order valence-electron chi connectivity index (χ1n) is 4.58. The van der Waals surface area contributed by atoms with Gasteiger partial charge in [-0.15, -0.1) is 0 Å². The van der Waals surface area contributed by atoms with Gasteiger partial charge in [0.15, 0.2) is 0 Å². The maximum absolute atomic E-state index is 9.15. The fraction of sp³-hybridized carbons (Fsp3) is 1.00. The van der Waals surface area contributed by atoms with Gasteiger partial charge in [0, 0.05) is 26.2 Å². The number of hydrogen-bond donors (Lipinski definition) is 3. The van der Waals surface area contributed by atoms with E-state index in [4.69, 9.17) is 10.8 Å². The van der Waals surface area contributed by atoms with E-state index in [-0.39, 0.29) is 6.61 Å². The van der Waals surface area contributed by atoms with Gasteiger partial charge in [0.1, 0.15) is 0 Å². The number of hydrogen-bond acceptors (Lipinski definition) is 4. The minimum Gasteiger partial charge on any atom is -0.393 e. The molecule has 0 saturated carbocycles. The van der Waals surface area contributed by atoms with Gasteiger partial charge < -0.3 is 16.2 Å². The van der Waals surface area contributed by atoms with Crippen molar-refractivity contribution in [1.29, 1.82) is 0 Å². The zero-order valence-electron chi connectivity index (χ0n) is 7.71. The molecule has 0 radical (unpaired) electrons. The van der Waals surface area contributed by atoms with Crippen molar-refractivity contribution in [2.45, 2.75) is 19.0 Å². The minimum atomic E-state index is -0.498. The molecule has 1 heterocycles. The van der Waals surface area contributed by atoms with Crippen LogP contribution in [-0.2, 0) is 0 Å². The van der Waals surface area contributed by atoms with Gasteiger partial charge in [-0.3, -0.25) is 4.90 Å². The zero-order valence-corrected chi connectivity index (χ0v) is 7.71. The molecule has 4 nitrogen and oxygen atoms in total. The van der Waals surface area contributed by atoms with E-state index in [1.807, 2.05) is 6.92 Å². The number of nitrogens with two attached hydrogens (primary N) is 1. The lowest BCUT2D eigenvalue weighted by Gasteiger charge is -2.41. The average molecular weight is 173 g/mol. The summed E-state index contributed by atoms with van der Waals surface area (Å²) in [7, 11) is 0. The smallest absolute Gasteiger partial charge is 0.0923 e. The average Bonchev–Trinajstić information content (AvgIpc) is 2.18. The summed E-state index contributed by atoms with van der Waals surface area (Å²) in [5.41, 5.74) is 5.52. The molecule has 4 N–H and O–H groups in total. The molecule has 1 aliphatic rings. The third-order valence-corrected chi connectivity index (χ3v) is 2.63. The number of piperazine rings is 1. The summed E-state index contributed by atoms with van der Waals surface area (Å²) in [5, 5.41) is 12.4. The maximum atomic E-state index is 9.15. The standard InChI is InChI=1S/C8H19N3O/c1-2-8(9,7-12)11-5-3-10-4-6-11/h10,12H,2-7,9H2,1H3. The molecule has 0 aromatic carbocycles. The molecule has 1 fully saturated rings. The SMILES string of the molecule is CCC(N)(CO)N1CCNCC1. The summed E-state index contributed by atoms with van der Waals surface area (Å²) in [5.74, 6) is 0. The second kappa shape index (κ2) is 4.18. The van der Waals surface area contributed by atoms with Gasteiger partial charge in [-0.1, -0.05) is 6.92 Å². The molecule has 0 spiro atoms. The fourth-order valence-electron chi connectivity index (χ4n) is 1.55. The van der Waals surface area contributed by atoms with Crippen LogP contribution in [0.15, 0.2) is 0 Å². The molecule has 1 aliphatic heterocycles. The summed E-state index contributed by atoms with van der Waals surface area (Å²) in [6, 6.07) is 0. The van der Waals surface area contributed by atoms with E-state index < -0.39 is 5.66 Å². The third-order valence-electron chi connectivity index (χ3n) is 2.63. The highest BCUT2D eigenvalue weighted by molar-refractivity contribution is 4.85. The molecule has 0 aromatic rings. The second-order valence-electron chi connectivity index (χ2n) is 3.35. The first-order chi connectivity index (χ1) is 5.73. The van der Waals surface area contributed by atoms with Crippen molar-refractivity contribution in [2.24, 2.45) is 5.73 Å². The molecular weight excluding hydrogens is 154 g/mol. The van der Waals surface area contributed by atoms with Crippen LogP contribution in [0.3, 0.4) is 0 Å². The van der Waals surface area contributed by atoms with E-state index >= 15 is 0 Å². The molecule has 0 aromatic heterocycles. The van der Waals surface area contributed by atoms with Crippen molar-refractivity contribution in [1.82, 2.24) is 10.2 Å². The Kier molecular flexibility index (Phi) is 3.46. The molecule has 4 heteroatoms. The lowest BCUT2D eigenvalue weighted by atomic mass is 10.1. The van der Waals surface area contributed by atoms with Crippen LogP contribution in [0.25, 0.3) is 0 Å². The van der Waals surface area contributed by atoms with Crippen molar-refractivity contribution in [3.8, 4) is 0 Å². The first-order valence-corrected chi connectivity index (χ1v) is 4.58. The topological polar surface area (TPSA) is 61.5 Å². The Balaban J connectivity index is 2.51. The van der Waals surface area contributed by atoms with E-state index in [9.17, 15) is 0 Å². The third kappa shape index (κ3) is 1.95. The summed E-state index contributed by atoms with van der Waals surface area (Å²) in [6.45, 7) is 5.87. The molecule has 1 atom stereocenters. The van der Waals surface area contributed by atoms with Crippen molar-refractivity contribution >= 4 is 0 Å². The number of rotatable bonds is 3. The summed E-state index contributed by atoms with van der Waals surface area (Å²) in [4.78, 5) is 2.16. The Morgan fingerprint density at radius 3 is 2.50 bits per heavy atom. The Hall–Kier alpha value is -0.160. The summed E-state index contributed by atoms with van der Waals surface area (Å²) < 4.78 is 0. The van der Waals surface area contributed by atoms with Crippen LogP contribution in [0, 0.1) is 0 Å².